The van der Waals surface area contributed by atoms with E-state index in [-0.39, 0.29) is 28.8 Å². The minimum Gasteiger partial charge on any atom is -0.508 e. The van der Waals surface area contributed by atoms with E-state index in [2.05, 4.69) is 10.6 Å². The average molecular weight is 563 g/mol. The van der Waals surface area contributed by atoms with E-state index in [1.165, 1.54) is 24.3 Å². The summed E-state index contributed by atoms with van der Waals surface area (Å²) in [7, 11) is 1.68. The van der Waals surface area contributed by atoms with Crippen molar-refractivity contribution in [1.82, 2.24) is 5.32 Å². The van der Waals surface area contributed by atoms with Crippen molar-refractivity contribution in [2.75, 3.05) is 25.6 Å². The van der Waals surface area contributed by atoms with E-state index >= 15 is 0 Å². The summed E-state index contributed by atoms with van der Waals surface area (Å²) in [6.45, 7) is 6.93. The summed E-state index contributed by atoms with van der Waals surface area (Å²) in [6.07, 6.45) is 1.35. The number of rotatable bonds is 9. The molecule has 2 amide bonds. The minimum atomic E-state index is -1.36. The van der Waals surface area contributed by atoms with Gasteiger partial charge in [-0.05, 0) is 70.0 Å². The number of aromatic hydroxyl groups is 2. The third kappa shape index (κ3) is 5.53. The van der Waals surface area contributed by atoms with Gasteiger partial charge in [-0.25, -0.2) is 9.59 Å². The molecule has 0 radical (unpaired) electrons. The van der Waals surface area contributed by atoms with Crippen LogP contribution in [0.5, 0.6) is 23.0 Å². The topological polar surface area (TPSA) is 136 Å². The van der Waals surface area contributed by atoms with Gasteiger partial charge in [-0.2, -0.15) is 0 Å². The number of nitrogens with one attached hydrogen (secondary N) is 2. The van der Waals surface area contributed by atoms with Gasteiger partial charge in [-0.1, -0.05) is 6.07 Å². The van der Waals surface area contributed by atoms with E-state index in [0.29, 0.717) is 53.4 Å². The number of methoxy groups -OCH3 is 1. The lowest BCUT2D eigenvalue weighted by Crippen LogP contribution is -2.33. The maximum absolute atomic E-state index is 13.2. The molecule has 3 aromatic rings. The van der Waals surface area contributed by atoms with Crippen molar-refractivity contribution in [3.05, 3.63) is 76.9 Å². The molecular formula is C31H34N2O8. The highest BCUT2D eigenvalue weighted by Gasteiger charge is 2.53. The zero-order valence-corrected chi connectivity index (χ0v) is 23.4. The van der Waals surface area contributed by atoms with Gasteiger partial charge in [-0.3, -0.25) is 0 Å². The molecule has 1 spiro atoms. The molecule has 0 saturated carbocycles. The largest absolute Gasteiger partial charge is 0.508 e. The maximum Gasteiger partial charge on any atom is 0.340 e. The number of carbonyl (C=O) groups is 2. The lowest BCUT2D eigenvalue weighted by atomic mass is 9.77. The molecule has 10 heteroatoms. The van der Waals surface area contributed by atoms with Crippen molar-refractivity contribution in [1.29, 1.82) is 0 Å². The number of amides is 2. The number of ether oxygens (including phenoxy) is 4. The van der Waals surface area contributed by atoms with Gasteiger partial charge in [0.05, 0.1) is 17.3 Å². The summed E-state index contributed by atoms with van der Waals surface area (Å²) in [6, 6.07) is 13.7. The van der Waals surface area contributed by atoms with Crippen LogP contribution in [0.4, 0.5) is 10.5 Å². The lowest BCUT2D eigenvalue weighted by Gasteiger charge is -2.36. The van der Waals surface area contributed by atoms with E-state index in [1.807, 2.05) is 20.8 Å². The van der Waals surface area contributed by atoms with Crippen molar-refractivity contribution in [3.63, 3.8) is 0 Å². The third-order valence-corrected chi connectivity index (χ3v) is 7.53. The van der Waals surface area contributed by atoms with Gasteiger partial charge in [0.15, 0.2) is 5.60 Å². The second-order valence-electron chi connectivity index (χ2n) is 10.9. The fourth-order valence-electron chi connectivity index (χ4n) is 5.04. The Bertz CT molecular complexity index is 1430. The van der Waals surface area contributed by atoms with Gasteiger partial charge in [0.2, 0.25) is 0 Å². The molecule has 0 bridgehead atoms. The average Bonchev–Trinajstić information content (AvgIpc) is 3.20. The molecule has 41 heavy (non-hydrogen) atoms. The molecule has 5 rings (SSSR count). The highest BCUT2D eigenvalue weighted by atomic mass is 16.6. The molecule has 0 fully saturated rings. The smallest absolute Gasteiger partial charge is 0.340 e. The van der Waals surface area contributed by atoms with Crippen LogP contribution >= 0.6 is 0 Å². The van der Waals surface area contributed by atoms with Crippen LogP contribution in [0.25, 0.3) is 0 Å². The Hall–Kier alpha value is -4.28. The number of fused-ring (bicyclic) bond motifs is 6. The van der Waals surface area contributed by atoms with E-state index < -0.39 is 17.6 Å². The van der Waals surface area contributed by atoms with Gasteiger partial charge in [0, 0.05) is 54.8 Å². The van der Waals surface area contributed by atoms with Gasteiger partial charge in [-0.15, -0.1) is 0 Å². The molecule has 2 aliphatic heterocycles. The predicted octanol–water partition coefficient (Wildman–Crippen LogP) is 5.40. The van der Waals surface area contributed by atoms with Gasteiger partial charge in [0.25, 0.3) is 0 Å². The summed E-state index contributed by atoms with van der Waals surface area (Å²) < 4.78 is 23.2. The van der Waals surface area contributed by atoms with Crippen LogP contribution in [0.1, 0.15) is 60.7 Å². The molecule has 3 aromatic carbocycles. The highest BCUT2D eigenvalue weighted by molar-refractivity contribution is 5.99. The van der Waals surface area contributed by atoms with Crippen molar-refractivity contribution >= 4 is 17.7 Å². The first-order valence-electron chi connectivity index (χ1n) is 13.5. The van der Waals surface area contributed by atoms with Crippen LogP contribution in [-0.2, 0) is 19.8 Å². The number of hydrogen-bond acceptors (Lipinski definition) is 8. The zero-order valence-electron chi connectivity index (χ0n) is 23.4. The maximum atomic E-state index is 13.2. The predicted molar refractivity (Wildman–Crippen MR) is 151 cm³/mol. The summed E-state index contributed by atoms with van der Waals surface area (Å²) in [4.78, 5) is 25.8. The fraction of sp³-hybridized carbons (Fsp3) is 0.355. The third-order valence-electron chi connectivity index (χ3n) is 7.53. The van der Waals surface area contributed by atoms with E-state index in [4.69, 9.17) is 18.9 Å². The van der Waals surface area contributed by atoms with Crippen LogP contribution < -0.4 is 15.4 Å². The minimum absolute atomic E-state index is 0.0198. The molecular weight excluding hydrogens is 528 g/mol. The number of urea groups is 1. The monoisotopic (exact) mass is 562 g/mol. The van der Waals surface area contributed by atoms with Gasteiger partial charge in [0.1, 0.15) is 23.0 Å². The van der Waals surface area contributed by atoms with Crippen LogP contribution in [0.15, 0.2) is 54.6 Å². The summed E-state index contributed by atoms with van der Waals surface area (Å²) in [5.74, 6) is -0.0225. The summed E-state index contributed by atoms with van der Waals surface area (Å²) >= 11 is 0. The van der Waals surface area contributed by atoms with Crippen molar-refractivity contribution in [2.45, 2.75) is 50.9 Å². The molecule has 0 aliphatic carbocycles. The molecule has 1 unspecified atom stereocenters. The fourth-order valence-corrected chi connectivity index (χ4v) is 5.04. The van der Waals surface area contributed by atoms with E-state index in [1.54, 1.807) is 37.4 Å². The first-order chi connectivity index (χ1) is 19.5. The Kier molecular flexibility index (Phi) is 7.54. The SMILES string of the molecule is COC(C)(C)CCOC(C)CCNC(=O)Nc1ccc2c(c1)C(=O)OC21c2ccc(O)cc2Oc2cc(O)ccc21. The van der Waals surface area contributed by atoms with Crippen LogP contribution in [-0.4, -0.2) is 54.2 Å². The second kappa shape index (κ2) is 10.9. The quantitative estimate of drug-likeness (QED) is 0.255. The number of benzene rings is 3. The first kappa shape index (κ1) is 28.3. The number of phenolic OH excluding ortho intramolecular Hbond substituents is 2. The Morgan fingerprint density at radius 2 is 1.63 bits per heavy atom. The van der Waals surface area contributed by atoms with Crippen molar-refractivity contribution in [3.8, 4) is 23.0 Å². The number of hydrogen-bond donors (Lipinski definition) is 4. The van der Waals surface area contributed by atoms with Crippen LogP contribution in [0, 0.1) is 0 Å². The van der Waals surface area contributed by atoms with Crippen LogP contribution in [0.2, 0.25) is 0 Å². The molecule has 0 saturated heterocycles. The number of carbonyl (C=O) groups excluding carboxylic acids is 2. The van der Waals surface area contributed by atoms with E-state index in [9.17, 15) is 19.8 Å². The molecule has 2 heterocycles. The molecule has 10 nitrogen and oxygen atoms in total. The highest BCUT2D eigenvalue weighted by Crippen LogP contribution is 2.57. The molecule has 4 N–H and O–H groups in total. The van der Waals surface area contributed by atoms with Gasteiger partial charge >= 0.3 is 12.0 Å². The number of phenols is 2. The zero-order chi connectivity index (χ0) is 29.4. The second-order valence-corrected chi connectivity index (χ2v) is 10.9. The summed E-state index contributed by atoms with van der Waals surface area (Å²) in [5, 5.41) is 25.7. The van der Waals surface area contributed by atoms with Crippen LogP contribution in [0.3, 0.4) is 0 Å². The standard InChI is InChI=1S/C31H34N2O8/c1-18(39-14-12-30(2,3)38-4)11-13-32-29(37)33-19-5-8-23-22(15-19)28(36)41-31(23)24-9-6-20(34)16-26(24)40-27-17-21(35)7-10-25(27)31/h5-10,15-18,34-35H,11-14H2,1-4H3,(H2,32,33,37). The Balaban J connectivity index is 1.30. The van der Waals surface area contributed by atoms with Crippen molar-refractivity contribution < 1.29 is 38.7 Å². The number of anilines is 1. The molecule has 1 atom stereocenters. The molecule has 0 aromatic heterocycles. The Morgan fingerprint density at radius 1 is 1.00 bits per heavy atom. The normalized spacial score (nSPS) is 15.3. The molecule has 216 valence electrons. The summed E-state index contributed by atoms with van der Waals surface area (Å²) in [5.41, 5.74) is 0.713. The van der Waals surface area contributed by atoms with E-state index in [0.717, 1.165) is 6.42 Å². The molecule has 2 aliphatic rings. The lowest BCUT2D eigenvalue weighted by molar-refractivity contribution is -0.0243. The Labute approximate surface area is 238 Å². The number of esters is 1. The van der Waals surface area contributed by atoms with Crippen molar-refractivity contribution in [2.24, 2.45) is 0 Å². The van der Waals surface area contributed by atoms with Gasteiger partial charge < -0.3 is 39.8 Å². The first-order valence-corrected chi connectivity index (χ1v) is 13.5. The Morgan fingerprint density at radius 3 is 2.27 bits per heavy atom.